The van der Waals surface area contributed by atoms with Crippen LogP contribution in [0.5, 0.6) is 0 Å². The van der Waals surface area contributed by atoms with Crippen LogP contribution in [0, 0.1) is 0 Å². The number of imide groups is 1. The smallest absolute Gasteiger partial charge is 0.261 e. The van der Waals surface area contributed by atoms with Crippen LogP contribution >= 0.6 is 24.0 Å². The van der Waals surface area contributed by atoms with E-state index in [9.17, 15) is 9.59 Å². The van der Waals surface area contributed by atoms with Gasteiger partial charge in [-0.3, -0.25) is 19.5 Å². The highest BCUT2D eigenvalue weighted by Gasteiger charge is 2.34. The number of halogens is 1. The minimum Gasteiger partial charge on any atom is -0.356 e. The van der Waals surface area contributed by atoms with Crippen molar-refractivity contribution in [3.63, 3.8) is 0 Å². The molecule has 1 aromatic heterocycles. The van der Waals surface area contributed by atoms with Gasteiger partial charge in [0.15, 0.2) is 5.96 Å². The molecule has 0 radical (unpaired) electrons. The zero-order valence-electron chi connectivity index (χ0n) is 17.4. The first-order chi connectivity index (χ1) is 14.7. The van der Waals surface area contributed by atoms with Gasteiger partial charge in [0, 0.05) is 44.9 Å². The Morgan fingerprint density at radius 3 is 2.23 bits per heavy atom. The van der Waals surface area contributed by atoms with Crippen LogP contribution in [0.15, 0.2) is 65.8 Å². The number of hydrogen-bond donors (Lipinski definition) is 2. The first-order valence-electron chi connectivity index (χ1n) is 10.1. The number of aliphatic imine (C=N–C) groups is 1. The maximum Gasteiger partial charge on any atom is 0.261 e. The van der Waals surface area contributed by atoms with E-state index in [1.165, 1.54) is 15.8 Å². The lowest BCUT2D eigenvalue weighted by atomic mass is 10.1. The van der Waals surface area contributed by atoms with Crippen molar-refractivity contribution in [1.82, 2.24) is 20.1 Å². The number of aryl methyl sites for hydroxylation is 1. The van der Waals surface area contributed by atoms with Gasteiger partial charge < -0.3 is 15.2 Å². The highest BCUT2D eigenvalue weighted by atomic mass is 127. The van der Waals surface area contributed by atoms with E-state index in [1.54, 1.807) is 31.3 Å². The summed E-state index contributed by atoms with van der Waals surface area (Å²) < 4.78 is 2.25. The van der Waals surface area contributed by atoms with Gasteiger partial charge in [0.05, 0.1) is 11.1 Å². The normalized spacial score (nSPS) is 13.3. The molecule has 2 N–H and O–H groups in total. The predicted molar refractivity (Wildman–Crippen MR) is 133 cm³/mol. The van der Waals surface area contributed by atoms with Crippen LogP contribution in [0.4, 0.5) is 0 Å². The molecule has 0 aliphatic carbocycles. The molecule has 0 saturated carbocycles. The van der Waals surface area contributed by atoms with Crippen molar-refractivity contribution in [2.45, 2.75) is 13.0 Å². The van der Waals surface area contributed by atoms with Crippen LogP contribution in [0.1, 0.15) is 27.1 Å². The largest absolute Gasteiger partial charge is 0.356 e. The van der Waals surface area contributed by atoms with Crippen molar-refractivity contribution in [2.24, 2.45) is 4.99 Å². The average molecular weight is 531 g/mol. The second-order valence-corrected chi connectivity index (χ2v) is 7.15. The summed E-state index contributed by atoms with van der Waals surface area (Å²) in [7, 11) is 1.71. The first-order valence-corrected chi connectivity index (χ1v) is 10.1. The van der Waals surface area contributed by atoms with Crippen molar-refractivity contribution in [3.05, 3.63) is 71.9 Å². The molecule has 2 heterocycles. The molecule has 1 aliphatic heterocycles. The number of carbonyl (C=O) groups excluding carboxylic acids is 2. The van der Waals surface area contributed by atoms with Gasteiger partial charge in [-0.2, -0.15) is 0 Å². The molecule has 2 amide bonds. The molecule has 8 heteroatoms. The van der Waals surface area contributed by atoms with E-state index >= 15 is 0 Å². The van der Waals surface area contributed by atoms with E-state index in [0.717, 1.165) is 19.5 Å². The second kappa shape index (κ2) is 10.4. The summed E-state index contributed by atoms with van der Waals surface area (Å²) >= 11 is 0. The van der Waals surface area contributed by atoms with Gasteiger partial charge in [-0.1, -0.05) is 30.3 Å². The number of nitrogens with one attached hydrogen (secondary N) is 2. The second-order valence-electron chi connectivity index (χ2n) is 7.15. The molecule has 1 aliphatic rings. The van der Waals surface area contributed by atoms with Gasteiger partial charge >= 0.3 is 0 Å². The number of hydrogen-bond acceptors (Lipinski definition) is 3. The monoisotopic (exact) mass is 531 g/mol. The molecule has 0 saturated heterocycles. The standard InChI is InChI=1S/C23H25N5O2.HI/c1-24-23(25-12-6-14-27-15-11-17-7-2-5-10-20(17)27)26-13-16-28-21(29)18-8-3-4-9-19(18)22(28)30;/h2-5,7-11,15H,6,12-14,16H2,1H3,(H2,24,25,26);1H. The molecule has 0 bridgehead atoms. The van der Waals surface area contributed by atoms with E-state index in [2.05, 4.69) is 50.7 Å². The maximum absolute atomic E-state index is 12.4. The number of para-hydroxylation sites is 1. The fourth-order valence-electron chi connectivity index (χ4n) is 3.74. The molecule has 4 rings (SSSR count). The van der Waals surface area contributed by atoms with E-state index in [0.29, 0.717) is 30.2 Å². The maximum atomic E-state index is 12.4. The molecule has 0 unspecified atom stereocenters. The van der Waals surface area contributed by atoms with Crippen molar-refractivity contribution in [1.29, 1.82) is 0 Å². The van der Waals surface area contributed by atoms with Crippen LogP contribution in [-0.2, 0) is 6.54 Å². The Bertz CT molecular complexity index is 1070. The Labute approximate surface area is 198 Å². The molecule has 3 aromatic rings. The lowest BCUT2D eigenvalue weighted by Gasteiger charge is -2.16. The van der Waals surface area contributed by atoms with Gasteiger partial charge in [0.25, 0.3) is 11.8 Å². The van der Waals surface area contributed by atoms with Crippen LogP contribution in [0.25, 0.3) is 10.9 Å². The van der Waals surface area contributed by atoms with Crippen LogP contribution in [-0.4, -0.2) is 53.9 Å². The zero-order chi connectivity index (χ0) is 20.9. The van der Waals surface area contributed by atoms with E-state index in [1.807, 2.05) is 6.07 Å². The first kappa shape index (κ1) is 22.8. The lowest BCUT2D eigenvalue weighted by Crippen LogP contribution is -2.43. The summed E-state index contributed by atoms with van der Waals surface area (Å²) in [6, 6.07) is 17.4. The fraction of sp³-hybridized carbons (Fsp3) is 0.261. The van der Waals surface area contributed by atoms with Gasteiger partial charge in [0.1, 0.15) is 0 Å². The van der Waals surface area contributed by atoms with E-state index in [-0.39, 0.29) is 35.8 Å². The number of nitrogens with zero attached hydrogens (tertiary/aromatic N) is 3. The quantitative estimate of drug-likeness (QED) is 0.162. The summed E-state index contributed by atoms with van der Waals surface area (Å²) in [5.41, 5.74) is 2.19. The summed E-state index contributed by atoms with van der Waals surface area (Å²) in [4.78, 5) is 30.3. The highest BCUT2D eigenvalue weighted by Crippen LogP contribution is 2.21. The molecular weight excluding hydrogens is 505 g/mol. The summed E-state index contributed by atoms with van der Waals surface area (Å²) in [6.07, 6.45) is 3.05. The predicted octanol–water partition coefficient (Wildman–Crippen LogP) is 3.11. The molecule has 0 atom stereocenters. The van der Waals surface area contributed by atoms with Crippen molar-refractivity contribution in [3.8, 4) is 0 Å². The number of amides is 2. The van der Waals surface area contributed by atoms with E-state index in [4.69, 9.17) is 0 Å². The molecule has 0 spiro atoms. The summed E-state index contributed by atoms with van der Waals surface area (Å²) in [5.74, 6) is 0.183. The highest BCUT2D eigenvalue weighted by molar-refractivity contribution is 14.0. The third-order valence-corrected chi connectivity index (χ3v) is 5.28. The molecule has 31 heavy (non-hydrogen) atoms. The minimum atomic E-state index is -0.237. The van der Waals surface area contributed by atoms with Crippen LogP contribution < -0.4 is 10.6 Å². The van der Waals surface area contributed by atoms with Crippen molar-refractivity contribution < 1.29 is 9.59 Å². The van der Waals surface area contributed by atoms with Crippen LogP contribution in [0.2, 0.25) is 0 Å². The molecule has 0 fully saturated rings. The Balaban J connectivity index is 0.00000272. The van der Waals surface area contributed by atoms with Crippen molar-refractivity contribution >= 4 is 52.7 Å². The number of carbonyl (C=O) groups is 2. The minimum absolute atomic E-state index is 0. The van der Waals surface area contributed by atoms with Gasteiger partial charge in [-0.25, -0.2) is 0 Å². The number of fused-ring (bicyclic) bond motifs is 2. The topological polar surface area (TPSA) is 78.7 Å². The van der Waals surface area contributed by atoms with Crippen molar-refractivity contribution in [2.75, 3.05) is 26.7 Å². The zero-order valence-corrected chi connectivity index (χ0v) is 19.7. The average Bonchev–Trinajstić information content (AvgIpc) is 3.30. The number of guanidine groups is 1. The lowest BCUT2D eigenvalue weighted by molar-refractivity contribution is 0.0657. The molecule has 162 valence electrons. The third-order valence-electron chi connectivity index (χ3n) is 5.28. The number of benzene rings is 2. The van der Waals surface area contributed by atoms with E-state index < -0.39 is 0 Å². The fourth-order valence-corrected chi connectivity index (χ4v) is 3.74. The Morgan fingerprint density at radius 2 is 1.52 bits per heavy atom. The summed E-state index contributed by atoms with van der Waals surface area (Å²) in [5, 5.41) is 7.70. The third kappa shape index (κ3) is 4.90. The Kier molecular flexibility index (Phi) is 7.67. The SMILES string of the molecule is CN=C(NCCCn1ccc2ccccc21)NCCN1C(=O)c2ccccc2C1=O.I. The van der Waals surface area contributed by atoms with Gasteiger partial charge in [-0.05, 0) is 36.1 Å². The van der Waals surface area contributed by atoms with Crippen LogP contribution in [0.3, 0.4) is 0 Å². The number of aromatic nitrogens is 1. The van der Waals surface area contributed by atoms with Gasteiger partial charge in [0.2, 0.25) is 0 Å². The Morgan fingerprint density at radius 1 is 0.871 bits per heavy atom. The molecule has 7 nitrogen and oxygen atoms in total. The molecule has 2 aromatic carbocycles. The summed E-state index contributed by atoms with van der Waals surface area (Å²) in [6.45, 7) is 2.40. The number of rotatable bonds is 7. The Hall–Kier alpha value is -2.88. The van der Waals surface area contributed by atoms with Gasteiger partial charge in [-0.15, -0.1) is 24.0 Å². The molecular formula is C23H26IN5O2.